The van der Waals surface area contributed by atoms with Gasteiger partial charge in [0, 0.05) is 12.0 Å². The standard InChI is InChI=1S/C15H19N/c1-16(2)15-12-7-5-9-14(15)13-8-4-3-6-11(13)10-12/h3-8,12,14-15H,9-10H2,1-2H3/t12-,14+,15-/m0/s1. The molecule has 3 atom stereocenters. The fourth-order valence-electron chi connectivity index (χ4n) is 3.53. The number of hydrogen-bond acceptors (Lipinski definition) is 1. The van der Waals surface area contributed by atoms with Gasteiger partial charge in [-0.15, -0.1) is 0 Å². The van der Waals surface area contributed by atoms with Crippen molar-refractivity contribution in [3.8, 4) is 0 Å². The molecule has 2 aliphatic carbocycles. The van der Waals surface area contributed by atoms with Crippen LogP contribution >= 0.6 is 0 Å². The highest BCUT2D eigenvalue weighted by molar-refractivity contribution is 5.38. The molecule has 1 aromatic carbocycles. The maximum atomic E-state index is 2.43. The van der Waals surface area contributed by atoms with E-state index in [1.807, 2.05) is 0 Å². The molecule has 1 aromatic rings. The molecule has 0 radical (unpaired) electrons. The molecule has 1 heteroatoms. The van der Waals surface area contributed by atoms with Crippen molar-refractivity contribution in [2.24, 2.45) is 5.92 Å². The topological polar surface area (TPSA) is 3.24 Å². The molecule has 0 heterocycles. The van der Waals surface area contributed by atoms with Crippen molar-refractivity contribution < 1.29 is 0 Å². The van der Waals surface area contributed by atoms with E-state index in [1.165, 1.54) is 12.8 Å². The lowest BCUT2D eigenvalue weighted by Gasteiger charge is -2.44. The molecule has 0 amide bonds. The first-order chi connectivity index (χ1) is 7.77. The second kappa shape index (κ2) is 3.74. The van der Waals surface area contributed by atoms with Crippen LogP contribution in [0.1, 0.15) is 23.5 Å². The van der Waals surface area contributed by atoms with Crippen LogP contribution in [-0.2, 0) is 6.42 Å². The van der Waals surface area contributed by atoms with Crippen LogP contribution in [0, 0.1) is 5.92 Å². The Morgan fingerprint density at radius 3 is 2.81 bits per heavy atom. The SMILES string of the molecule is CN(C)[C@@H]1[C@@H]2CC=C[C@H]1Cc1ccccc12. The molecule has 1 nitrogen and oxygen atoms in total. The Balaban J connectivity index is 2.08. The van der Waals surface area contributed by atoms with E-state index in [0.29, 0.717) is 17.9 Å². The highest BCUT2D eigenvalue weighted by atomic mass is 15.1. The molecule has 0 spiro atoms. The largest absolute Gasteiger partial charge is 0.305 e. The van der Waals surface area contributed by atoms with Crippen molar-refractivity contribution in [1.29, 1.82) is 0 Å². The summed E-state index contributed by atoms with van der Waals surface area (Å²) < 4.78 is 0. The fraction of sp³-hybridized carbons (Fsp3) is 0.467. The third kappa shape index (κ3) is 1.42. The number of nitrogens with zero attached hydrogens (tertiary/aromatic N) is 1. The Labute approximate surface area is 97.8 Å². The molecular weight excluding hydrogens is 194 g/mol. The number of rotatable bonds is 1. The molecule has 0 aromatic heterocycles. The quantitative estimate of drug-likeness (QED) is 0.648. The predicted octanol–water partition coefficient (Wildman–Crippen LogP) is 2.83. The van der Waals surface area contributed by atoms with Gasteiger partial charge in [-0.2, -0.15) is 0 Å². The average molecular weight is 213 g/mol. The van der Waals surface area contributed by atoms with E-state index in [0.717, 1.165) is 0 Å². The van der Waals surface area contributed by atoms with Crippen molar-refractivity contribution in [2.45, 2.75) is 24.8 Å². The highest BCUT2D eigenvalue weighted by Crippen LogP contribution is 2.42. The normalized spacial score (nSPS) is 31.6. The van der Waals surface area contributed by atoms with Crippen LogP contribution in [0.25, 0.3) is 0 Å². The van der Waals surface area contributed by atoms with Gasteiger partial charge in [-0.3, -0.25) is 0 Å². The van der Waals surface area contributed by atoms with Gasteiger partial charge in [-0.25, -0.2) is 0 Å². The molecule has 0 unspecified atom stereocenters. The zero-order valence-corrected chi connectivity index (χ0v) is 10.1. The zero-order chi connectivity index (χ0) is 11.1. The van der Waals surface area contributed by atoms with Crippen molar-refractivity contribution in [2.75, 3.05) is 14.1 Å². The molecule has 16 heavy (non-hydrogen) atoms. The molecule has 0 saturated carbocycles. The first kappa shape index (κ1) is 10.1. The average Bonchev–Trinajstić information content (AvgIpc) is 2.28. The van der Waals surface area contributed by atoms with Crippen molar-refractivity contribution in [3.63, 3.8) is 0 Å². The van der Waals surface area contributed by atoms with Crippen molar-refractivity contribution >= 4 is 0 Å². The van der Waals surface area contributed by atoms with Crippen LogP contribution in [0.4, 0.5) is 0 Å². The molecule has 3 rings (SSSR count). The molecule has 2 bridgehead atoms. The Morgan fingerprint density at radius 2 is 2.00 bits per heavy atom. The minimum Gasteiger partial charge on any atom is -0.305 e. The van der Waals surface area contributed by atoms with Crippen LogP contribution in [0.2, 0.25) is 0 Å². The maximum absolute atomic E-state index is 2.43. The summed E-state index contributed by atoms with van der Waals surface area (Å²) in [5, 5.41) is 0. The summed E-state index contributed by atoms with van der Waals surface area (Å²) in [6.45, 7) is 0. The Hall–Kier alpha value is -1.08. The van der Waals surface area contributed by atoms with E-state index in [4.69, 9.17) is 0 Å². The fourth-order valence-corrected chi connectivity index (χ4v) is 3.53. The van der Waals surface area contributed by atoms with Gasteiger partial charge >= 0.3 is 0 Å². The number of benzene rings is 1. The van der Waals surface area contributed by atoms with Crippen LogP contribution in [0.15, 0.2) is 36.4 Å². The third-order valence-electron chi connectivity index (χ3n) is 4.13. The molecule has 0 fully saturated rings. The number of hydrogen-bond donors (Lipinski definition) is 0. The van der Waals surface area contributed by atoms with E-state index in [9.17, 15) is 0 Å². The third-order valence-corrected chi connectivity index (χ3v) is 4.13. The van der Waals surface area contributed by atoms with Gasteiger partial charge in [-0.1, -0.05) is 36.4 Å². The first-order valence-electron chi connectivity index (χ1n) is 6.18. The van der Waals surface area contributed by atoms with E-state index >= 15 is 0 Å². The molecular formula is C15H19N. The lowest BCUT2D eigenvalue weighted by molar-refractivity contribution is 0.180. The van der Waals surface area contributed by atoms with Gasteiger partial charge in [0.25, 0.3) is 0 Å². The molecule has 0 saturated heterocycles. The number of allylic oxidation sites excluding steroid dienone is 1. The lowest BCUT2D eigenvalue weighted by Crippen LogP contribution is -2.45. The Morgan fingerprint density at radius 1 is 1.19 bits per heavy atom. The monoisotopic (exact) mass is 213 g/mol. The summed E-state index contributed by atoms with van der Waals surface area (Å²) in [5.74, 6) is 1.42. The van der Waals surface area contributed by atoms with Crippen molar-refractivity contribution in [3.05, 3.63) is 47.5 Å². The highest BCUT2D eigenvalue weighted by Gasteiger charge is 2.37. The summed E-state index contributed by atoms with van der Waals surface area (Å²) >= 11 is 0. The van der Waals surface area contributed by atoms with Gasteiger partial charge < -0.3 is 4.90 Å². The Bertz CT molecular complexity index is 419. The summed E-state index contributed by atoms with van der Waals surface area (Å²) in [6, 6.07) is 9.69. The van der Waals surface area contributed by atoms with Gasteiger partial charge in [0.15, 0.2) is 0 Å². The van der Waals surface area contributed by atoms with Crippen LogP contribution in [0.5, 0.6) is 0 Å². The van der Waals surface area contributed by atoms with Crippen molar-refractivity contribution in [1.82, 2.24) is 4.90 Å². The molecule has 0 N–H and O–H groups in total. The minimum atomic E-state index is 0.694. The van der Waals surface area contributed by atoms with Crippen LogP contribution in [0.3, 0.4) is 0 Å². The zero-order valence-electron chi connectivity index (χ0n) is 10.1. The summed E-state index contributed by atoms with van der Waals surface area (Å²) in [5.41, 5.74) is 3.15. The van der Waals surface area contributed by atoms with E-state index < -0.39 is 0 Å². The van der Waals surface area contributed by atoms with Gasteiger partial charge in [0.05, 0.1) is 0 Å². The predicted molar refractivity (Wildman–Crippen MR) is 67.6 cm³/mol. The molecule has 0 aliphatic heterocycles. The number of likely N-dealkylation sites (N-methyl/N-ethyl adjacent to an activating group) is 1. The van der Waals surface area contributed by atoms with E-state index in [-0.39, 0.29) is 0 Å². The van der Waals surface area contributed by atoms with Gasteiger partial charge in [0.2, 0.25) is 0 Å². The minimum absolute atomic E-state index is 0.694. The van der Waals surface area contributed by atoms with Crippen LogP contribution < -0.4 is 0 Å². The van der Waals surface area contributed by atoms with E-state index in [2.05, 4.69) is 55.4 Å². The maximum Gasteiger partial charge on any atom is 0.0227 e. The van der Waals surface area contributed by atoms with Crippen LogP contribution in [-0.4, -0.2) is 25.0 Å². The van der Waals surface area contributed by atoms with Gasteiger partial charge in [0.1, 0.15) is 0 Å². The number of fused-ring (bicyclic) bond motifs is 4. The first-order valence-corrected chi connectivity index (χ1v) is 6.18. The summed E-state index contributed by atoms with van der Waals surface area (Å²) in [4.78, 5) is 2.41. The Kier molecular flexibility index (Phi) is 2.36. The molecule has 2 aliphatic rings. The molecule has 84 valence electrons. The lowest BCUT2D eigenvalue weighted by atomic mass is 9.68. The summed E-state index contributed by atoms with van der Waals surface area (Å²) in [7, 11) is 4.44. The second-order valence-corrected chi connectivity index (χ2v) is 5.29. The van der Waals surface area contributed by atoms with Gasteiger partial charge in [-0.05, 0) is 44.0 Å². The smallest absolute Gasteiger partial charge is 0.0227 e. The van der Waals surface area contributed by atoms with E-state index in [1.54, 1.807) is 11.1 Å². The second-order valence-electron chi connectivity index (χ2n) is 5.29. The summed E-state index contributed by atoms with van der Waals surface area (Å²) in [6.07, 6.45) is 7.23.